The maximum Gasteiger partial charge on any atom is 0.164 e. The number of furan rings is 1. The number of nitrogens with zero attached hydrogens (tertiary/aromatic N) is 3. The third-order valence-electron chi connectivity index (χ3n) is 11.9. The fraction of sp³-hybridized carbons (Fsp3) is 0. The molecule has 0 unspecified atom stereocenters. The molecular formula is C57H35N3O. The Labute approximate surface area is 352 Å². The van der Waals surface area contributed by atoms with E-state index in [9.17, 15) is 0 Å². The first-order valence-corrected chi connectivity index (χ1v) is 20.6. The summed E-state index contributed by atoms with van der Waals surface area (Å²) in [5, 5.41) is 9.64. The fourth-order valence-corrected chi connectivity index (χ4v) is 8.87. The second kappa shape index (κ2) is 14.3. The van der Waals surface area contributed by atoms with Crippen molar-refractivity contribution in [1.82, 2.24) is 15.0 Å². The standard InChI is InChI=1S/C57H35N3O/c1-2-11-36(12-3-1)42-15-10-16-45(33-42)57-59-55(40-25-21-37(22-26-40)43-30-32-53-51(34-43)48-19-8-9-20-52(48)61-53)58-56(60-57)41-27-23-39(24-28-41)54-47-18-7-5-14-44(47)35-50-46-17-6-4-13-38(46)29-31-49(50)54/h1-35H. The molecule has 0 spiro atoms. The first-order valence-electron chi connectivity index (χ1n) is 20.6. The number of para-hydroxylation sites is 1. The molecular weight excluding hydrogens is 743 g/mol. The van der Waals surface area contributed by atoms with Gasteiger partial charge in [0.05, 0.1) is 0 Å². The molecule has 10 aromatic carbocycles. The van der Waals surface area contributed by atoms with E-state index < -0.39 is 0 Å². The molecule has 0 aliphatic rings. The molecule has 0 radical (unpaired) electrons. The van der Waals surface area contributed by atoms with E-state index in [1.54, 1.807) is 0 Å². The first kappa shape index (κ1) is 34.8. The molecule has 0 bridgehead atoms. The van der Waals surface area contributed by atoms with Crippen LogP contribution in [0.3, 0.4) is 0 Å². The Morgan fingerprint density at radius 3 is 1.54 bits per heavy atom. The summed E-state index contributed by atoms with van der Waals surface area (Å²) in [6.07, 6.45) is 0. The number of benzene rings is 10. The summed E-state index contributed by atoms with van der Waals surface area (Å²) in [5.74, 6) is 1.85. The Morgan fingerprint density at radius 1 is 0.246 bits per heavy atom. The van der Waals surface area contributed by atoms with Gasteiger partial charge in [-0.1, -0.05) is 182 Å². The molecule has 61 heavy (non-hydrogen) atoms. The van der Waals surface area contributed by atoms with E-state index >= 15 is 0 Å². The van der Waals surface area contributed by atoms with Crippen molar-refractivity contribution in [3.63, 3.8) is 0 Å². The third-order valence-corrected chi connectivity index (χ3v) is 11.9. The Hall–Kier alpha value is -8.21. The van der Waals surface area contributed by atoms with E-state index in [1.165, 1.54) is 37.9 Å². The molecule has 0 N–H and O–H groups in total. The van der Waals surface area contributed by atoms with E-state index in [1.807, 2.05) is 18.2 Å². The Kier molecular flexibility index (Phi) is 8.13. The highest BCUT2D eigenvalue weighted by Gasteiger charge is 2.17. The lowest BCUT2D eigenvalue weighted by molar-refractivity contribution is 0.669. The van der Waals surface area contributed by atoms with Gasteiger partial charge in [-0.15, -0.1) is 0 Å². The van der Waals surface area contributed by atoms with E-state index in [0.717, 1.165) is 66.4 Å². The highest BCUT2D eigenvalue weighted by Crippen LogP contribution is 2.40. The van der Waals surface area contributed by atoms with Gasteiger partial charge in [0.15, 0.2) is 17.5 Å². The normalized spacial score (nSPS) is 11.6. The maximum atomic E-state index is 6.10. The van der Waals surface area contributed by atoms with Crippen LogP contribution in [0.4, 0.5) is 0 Å². The molecule has 0 aliphatic heterocycles. The maximum absolute atomic E-state index is 6.10. The smallest absolute Gasteiger partial charge is 0.164 e. The van der Waals surface area contributed by atoms with E-state index in [4.69, 9.17) is 19.4 Å². The van der Waals surface area contributed by atoms with Crippen LogP contribution in [0.25, 0.3) is 122 Å². The molecule has 2 heterocycles. The van der Waals surface area contributed by atoms with Crippen molar-refractivity contribution in [3.05, 3.63) is 212 Å². The fourth-order valence-electron chi connectivity index (χ4n) is 8.87. The molecule has 0 atom stereocenters. The van der Waals surface area contributed by atoms with Crippen LogP contribution in [0, 0.1) is 0 Å². The van der Waals surface area contributed by atoms with Gasteiger partial charge in [-0.25, -0.2) is 15.0 Å². The molecule has 12 rings (SSSR count). The largest absolute Gasteiger partial charge is 0.456 e. The minimum atomic E-state index is 0.615. The Balaban J connectivity index is 0.969. The Bertz CT molecular complexity index is 3630. The van der Waals surface area contributed by atoms with Gasteiger partial charge in [0.2, 0.25) is 0 Å². The summed E-state index contributed by atoms with van der Waals surface area (Å²) in [6.45, 7) is 0. The lowest BCUT2D eigenvalue weighted by Gasteiger charge is -2.14. The van der Waals surface area contributed by atoms with E-state index in [2.05, 4.69) is 194 Å². The van der Waals surface area contributed by atoms with Gasteiger partial charge in [0.25, 0.3) is 0 Å². The molecule has 4 heteroatoms. The zero-order valence-corrected chi connectivity index (χ0v) is 33.0. The summed E-state index contributed by atoms with van der Waals surface area (Å²) >= 11 is 0. The second-order valence-electron chi connectivity index (χ2n) is 15.6. The van der Waals surface area contributed by atoms with Gasteiger partial charge >= 0.3 is 0 Å². The van der Waals surface area contributed by atoms with Crippen molar-refractivity contribution in [1.29, 1.82) is 0 Å². The van der Waals surface area contributed by atoms with Gasteiger partial charge < -0.3 is 4.42 Å². The summed E-state index contributed by atoms with van der Waals surface area (Å²) in [4.78, 5) is 15.4. The van der Waals surface area contributed by atoms with Crippen molar-refractivity contribution in [2.24, 2.45) is 0 Å². The van der Waals surface area contributed by atoms with Crippen molar-refractivity contribution >= 4 is 54.3 Å². The van der Waals surface area contributed by atoms with Crippen LogP contribution in [0.1, 0.15) is 0 Å². The van der Waals surface area contributed by atoms with Crippen LogP contribution >= 0.6 is 0 Å². The minimum absolute atomic E-state index is 0.615. The van der Waals surface area contributed by atoms with Crippen LogP contribution in [0.5, 0.6) is 0 Å². The number of fused-ring (bicyclic) bond motifs is 7. The van der Waals surface area contributed by atoms with Crippen LogP contribution in [-0.4, -0.2) is 15.0 Å². The van der Waals surface area contributed by atoms with Gasteiger partial charge in [-0.05, 0) is 96.0 Å². The number of hydrogen-bond acceptors (Lipinski definition) is 4. The molecule has 0 aliphatic carbocycles. The van der Waals surface area contributed by atoms with Crippen molar-refractivity contribution in [3.8, 4) is 67.5 Å². The predicted molar refractivity (Wildman–Crippen MR) is 252 cm³/mol. The zero-order valence-electron chi connectivity index (χ0n) is 33.0. The second-order valence-corrected chi connectivity index (χ2v) is 15.6. The first-order chi connectivity index (χ1) is 30.2. The molecule has 0 amide bonds. The summed E-state index contributed by atoms with van der Waals surface area (Å²) in [6, 6.07) is 74.8. The van der Waals surface area contributed by atoms with Crippen LogP contribution in [-0.2, 0) is 0 Å². The highest BCUT2D eigenvalue weighted by molar-refractivity contribution is 6.20. The quantitative estimate of drug-likeness (QED) is 0.125. The lowest BCUT2D eigenvalue weighted by atomic mass is 9.89. The molecule has 12 aromatic rings. The SMILES string of the molecule is c1ccc(-c2cccc(-c3nc(-c4ccc(-c5ccc6oc7ccccc7c6c5)cc4)nc(-c4ccc(-c5c6ccccc6cc6c5ccc5ccccc56)cc4)n3)c2)cc1. The van der Waals surface area contributed by atoms with Gasteiger partial charge in [0, 0.05) is 27.5 Å². The molecule has 284 valence electrons. The lowest BCUT2D eigenvalue weighted by Crippen LogP contribution is -2.00. The monoisotopic (exact) mass is 777 g/mol. The Morgan fingerprint density at radius 2 is 0.770 bits per heavy atom. The summed E-state index contributed by atoms with van der Waals surface area (Å²) in [7, 11) is 0. The summed E-state index contributed by atoms with van der Waals surface area (Å²) < 4.78 is 6.10. The van der Waals surface area contributed by atoms with E-state index in [0.29, 0.717) is 17.5 Å². The van der Waals surface area contributed by atoms with Crippen LogP contribution in [0.2, 0.25) is 0 Å². The van der Waals surface area contributed by atoms with Crippen LogP contribution < -0.4 is 0 Å². The number of aromatic nitrogens is 3. The number of rotatable bonds is 6. The van der Waals surface area contributed by atoms with E-state index in [-0.39, 0.29) is 0 Å². The third kappa shape index (κ3) is 6.12. The van der Waals surface area contributed by atoms with Gasteiger partial charge in [-0.2, -0.15) is 0 Å². The molecule has 4 nitrogen and oxygen atoms in total. The minimum Gasteiger partial charge on any atom is -0.456 e. The van der Waals surface area contributed by atoms with Crippen molar-refractivity contribution < 1.29 is 4.42 Å². The van der Waals surface area contributed by atoms with Gasteiger partial charge in [-0.3, -0.25) is 0 Å². The van der Waals surface area contributed by atoms with Gasteiger partial charge in [0.1, 0.15) is 11.2 Å². The highest BCUT2D eigenvalue weighted by atomic mass is 16.3. The zero-order chi connectivity index (χ0) is 40.3. The molecule has 2 aromatic heterocycles. The summed E-state index contributed by atoms with van der Waals surface area (Å²) in [5.41, 5.74) is 11.4. The molecule has 0 saturated heterocycles. The topological polar surface area (TPSA) is 51.8 Å². The average molecular weight is 778 g/mol. The van der Waals surface area contributed by atoms with Crippen LogP contribution in [0.15, 0.2) is 217 Å². The molecule has 0 fully saturated rings. The average Bonchev–Trinajstić information content (AvgIpc) is 3.71. The van der Waals surface area contributed by atoms with Crippen molar-refractivity contribution in [2.75, 3.05) is 0 Å². The van der Waals surface area contributed by atoms with Crippen molar-refractivity contribution in [2.45, 2.75) is 0 Å². The predicted octanol–water partition coefficient (Wildman–Crippen LogP) is 15.2. The molecule has 0 saturated carbocycles. The number of hydrogen-bond donors (Lipinski definition) is 0.